The molecule has 5 rings (SSSR count). The molecule has 3 saturated heterocycles. The van der Waals surface area contributed by atoms with Crippen LogP contribution in [0.4, 0.5) is 0 Å². The molecule has 2 amide bonds. The normalized spacial score (nSPS) is 22.2. The van der Waals surface area contributed by atoms with Gasteiger partial charge in [-0.05, 0) is 114 Å². The molecule has 2 aromatic rings. The molecule has 3 heterocycles. The molecule has 0 bridgehead atoms. The Morgan fingerprint density at radius 1 is 0.783 bits per heavy atom. The second kappa shape index (κ2) is 16.0. The van der Waals surface area contributed by atoms with Crippen molar-refractivity contribution in [3.8, 4) is 0 Å². The third-order valence-corrected chi connectivity index (χ3v) is 10.1. The molecule has 46 heavy (non-hydrogen) atoms. The Balaban J connectivity index is 0.000000216. The van der Waals surface area contributed by atoms with Gasteiger partial charge in [0.2, 0.25) is 0 Å². The van der Waals surface area contributed by atoms with Crippen molar-refractivity contribution in [3.05, 3.63) is 59.7 Å². The Hall–Kier alpha value is -2.65. The van der Waals surface area contributed by atoms with Crippen LogP contribution in [0.1, 0.15) is 126 Å². The topological polar surface area (TPSA) is 99.5 Å². The summed E-state index contributed by atoms with van der Waals surface area (Å²) in [7, 11) is -1.96. The zero-order valence-corrected chi connectivity index (χ0v) is 28.8. The fraction of sp³-hybridized carbons (Fsp3) is 0.611. The van der Waals surface area contributed by atoms with Gasteiger partial charge in [0.25, 0.3) is 11.8 Å². The van der Waals surface area contributed by atoms with Gasteiger partial charge in [0.15, 0.2) is 0 Å². The van der Waals surface area contributed by atoms with Crippen molar-refractivity contribution in [2.24, 2.45) is 0 Å². The van der Waals surface area contributed by atoms with Crippen LogP contribution in [0.15, 0.2) is 48.5 Å². The number of benzene rings is 2. The smallest absolute Gasteiger partial charge is 0.423 e. The van der Waals surface area contributed by atoms with Crippen LogP contribution in [0.2, 0.25) is 0 Å². The minimum Gasteiger partial charge on any atom is -0.423 e. The van der Waals surface area contributed by atoms with E-state index >= 15 is 0 Å². The molecule has 0 spiro atoms. The van der Waals surface area contributed by atoms with Crippen molar-refractivity contribution in [1.82, 2.24) is 9.80 Å². The lowest BCUT2D eigenvalue weighted by Gasteiger charge is -2.36. The van der Waals surface area contributed by atoms with Crippen LogP contribution in [-0.4, -0.2) is 82.3 Å². The van der Waals surface area contributed by atoms with Crippen LogP contribution in [0, 0.1) is 0 Å². The molecule has 0 aromatic heterocycles. The standard InChI is InChI=1S/C21H32BNO3.C15H22BNO3/c1-6-10-18-13-7-8-14-23(18)19(24)16-11-9-12-17(15-16)22-25-20(2,3)21(4,5)26-22;1-2-6-14-9-3-4-10-17(14)15(18)12-7-5-8-13(11-12)16(19)20/h9,11-12,15,18H,6-8,10,13-14H2,1-5H3;5,7-8,11,14,19-20H,2-4,6,9-10H2,1H3/t18-;14-/m11/s1. The lowest BCUT2D eigenvalue weighted by Crippen LogP contribution is -2.44. The SMILES string of the molecule is CCC[C@@H]1CCCCN1C(=O)c1cccc(B(O)O)c1.CCC[C@@H]1CCCCN1C(=O)c1cccc(B2OC(C)(C)C(C)(C)O2)c1. The number of carbonyl (C=O) groups is 2. The van der Waals surface area contributed by atoms with Crippen LogP contribution in [-0.2, 0) is 9.31 Å². The van der Waals surface area contributed by atoms with Crippen molar-refractivity contribution in [1.29, 1.82) is 0 Å². The maximum Gasteiger partial charge on any atom is 0.494 e. The number of hydrogen-bond donors (Lipinski definition) is 2. The molecule has 0 unspecified atom stereocenters. The molecule has 2 atom stereocenters. The minimum absolute atomic E-state index is 0.00523. The highest BCUT2D eigenvalue weighted by atomic mass is 16.7. The van der Waals surface area contributed by atoms with Crippen molar-refractivity contribution in [2.75, 3.05) is 13.1 Å². The first-order valence-corrected chi connectivity index (χ1v) is 17.4. The summed E-state index contributed by atoms with van der Waals surface area (Å²) in [6.07, 6.45) is 11.1. The third kappa shape index (κ3) is 8.62. The first-order chi connectivity index (χ1) is 21.9. The second-order valence-electron chi connectivity index (χ2n) is 14.1. The van der Waals surface area contributed by atoms with Crippen molar-refractivity contribution in [3.63, 3.8) is 0 Å². The first kappa shape index (κ1) is 36.2. The molecule has 2 aromatic carbocycles. The van der Waals surface area contributed by atoms with E-state index in [-0.39, 0.29) is 23.0 Å². The van der Waals surface area contributed by atoms with Gasteiger partial charge in [-0.3, -0.25) is 9.59 Å². The summed E-state index contributed by atoms with van der Waals surface area (Å²) >= 11 is 0. The lowest BCUT2D eigenvalue weighted by atomic mass is 9.78. The quantitative estimate of drug-likeness (QED) is 0.400. The molecule has 2 N–H and O–H groups in total. The number of carbonyl (C=O) groups excluding carboxylic acids is 2. The average Bonchev–Trinajstić information content (AvgIpc) is 3.27. The van der Waals surface area contributed by atoms with E-state index in [1.807, 2.05) is 56.9 Å². The Morgan fingerprint density at radius 3 is 1.74 bits per heavy atom. The fourth-order valence-corrected chi connectivity index (χ4v) is 6.76. The summed E-state index contributed by atoms with van der Waals surface area (Å²) in [5, 5.41) is 18.4. The van der Waals surface area contributed by atoms with Gasteiger partial charge in [0, 0.05) is 36.3 Å². The van der Waals surface area contributed by atoms with Gasteiger partial charge in [-0.25, -0.2) is 0 Å². The second-order valence-corrected chi connectivity index (χ2v) is 14.1. The molecule has 250 valence electrons. The van der Waals surface area contributed by atoms with E-state index in [1.165, 1.54) is 12.8 Å². The Bertz CT molecular complexity index is 1300. The molecule has 3 aliphatic heterocycles. The molecule has 8 nitrogen and oxygen atoms in total. The maximum absolute atomic E-state index is 13.2. The largest absolute Gasteiger partial charge is 0.494 e. The predicted octanol–water partition coefficient (Wildman–Crippen LogP) is 4.94. The Labute approximate surface area is 277 Å². The minimum atomic E-state index is -1.53. The van der Waals surface area contributed by atoms with E-state index in [2.05, 4.69) is 18.7 Å². The number of amides is 2. The van der Waals surface area contributed by atoms with Gasteiger partial charge in [0.05, 0.1) is 11.2 Å². The molecule has 3 aliphatic rings. The van der Waals surface area contributed by atoms with Crippen LogP contribution in [0.3, 0.4) is 0 Å². The van der Waals surface area contributed by atoms with Crippen LogP contribution < -0.4 is 10.9 Å². The summed E-state index contributed by atoms with van der Waals surface area (Å²) in [5.41, 5.74) is 1.80. The third-order valence-electron chi connectivity index (χ3n) is 10.1. The van der Waals surface area contributed by atoms with Crippen molar-refractivity contribution in [2.45, 2.75) is 129 Å². The predicted molar refractivity (Wildman–Crippen MR) is 186 cm³/mol. The Kier molecular flexibility index (Phi) is 12.6. The van der Waals surface area contributed by atoms with Gasteiger partial charge in [0.1, 0.15) is 0 Å². The number of likely N-dealkylation sites (tertiary alicyclic amines) is 2. The molecular formula is C36H54B2N2O6. The van der Waals surface area contributed by atoms with Gasteiger partial charge >= 0.3 is 14.2 Å². The summed E-state index contributed by atoms with van der Waals surface area (Å²) in [4.78, 5) is 29.8. The van der Waals surface area contributed by atoms with Crippen molar-refractivity contribution >= 4 is 37.0 Å². The van der Waals surface area contributed by atoms with Gasteiger partial charge in [-0.15, -0.1) is 0 Å². The van der Waals surface area contributed by atoms with Crippen LogP contribution in [0.25, 0.3) is 0 Å². The number of rotatable bonds is 8. The van der Waals surface area contributed by atoms with E-state index in [0.29, 0.717) is 23.1 Å². The number of piperidine rings is 2. The van der Waals surface area contributed by atoms with Crippen LogP contribution in [0.5, 0.6) is 0 Å². The fourth-order valence-electron chi connectivity index (χ4n) is 6.76. The number of hydrogen-bond acceptors (Lipinski definition) is 6. The molecule has 0 saturated carbocycles. The van der Waals surface area contributed by atoms with Gasteiger partial charge in [-0.1, -0.05) is 51.0 Å². The zero-order chi connectivity index (χ0) is 33.5. The summed E-state index contributed by atoms with van der Waals surface area (Å²) in [6.45, 7) is 14.2. The zero-order valence-electron chi connectivity index (χ0n) is 28.8. The monoisotopic (exact) mass is 632 g/mol. The molecule has 0 aliphatic carbocycles. The highest BCUT2D eigenvalue weighted by Gasteiger charge is 2.51. The van der Waals surface area contributed by atoms with E-state index in [1.54, 1.807) is 24.3 Å². The average molecular weight is 632 g/mol. The molecule has 10 heteroatoms. The number of nitrogens with zero attached hydrogens (tertiary/aromatic N) is 2. The van der Waals surface area contributed by atoms with E-state index < -0.39 is 14.2 Å². The maximum atomic E-state index is 13.2. The molecule has 0 radical (unpaired) electrons. The van der Waals surface area contributed by atoms with E-state index in [4.69, 9.17) is 9.31 Å². The molecule has 3 fully saturated rings. The van der Waals surface area contributed by atoms with E-state index in [0.717, 1.165) is 75.5 Å². The van der Waals surface area contributed by atoms with Gasteiger partial charge in [-0.2, -0.15) is 0 Å². The Morgan fingerprint density at radius 2 is 1.26 bits per heavy atom. The highest BCUT2D eigenvalue weighted by molar-refractivity contribution is 6.62. The first-order valence-electron chi connectivity index (χ1n) is 17.4. The van der Waals surface area contributed by atoms with E-state index in [9.17, 15) is 19.6 Å². The molecular weight excluding hydrogens is 578 g/mol. The summed E-state index contributed by atoms with van der Waals surface area (Å²) < 4.78 is 12.3. The van der Waals surface area contributed by atoms with Crippen molar-refractivity contribution < 1.29 is 28.9 Å². The van der Waals surface area contributed by atoms with Gasteiger partial charge < -0.3 is 29.2 Å². The summed E-state index contributed by atoms with van der Waals surface area (Å²) in [6, 6.07) is 15.1. The highest BCUT2D eigenvalue weighted by Crippen LogP contribution is 2.36. The van der Waals surface area contributed by atoms with Crippen LogP contribution >= 0.6 is 0 Å². The summed E-state index contributed by atoms with van der Waals surface area (Å²) in [5.74, 6) is 0.146. The lowest BCUT2D eigenvalue weighted by molar-refractivity contribution is 0.00578.